The molecular formula is C19H18N6O. The molecule has 6 rings (SSSR count). The number of fused-ring (bicyclic) bond motifs is 2. The monoisotopic (exact) mass is 346 g/mol. The van der Waals surface area contributed by atoms with Crippen molar-refractivity contribution in [2.45, 2.75) is 44.8 Å². The summed E-state index contributed by atoms with van der Waals surface area (Å²) in [5, 5.41) is 4.33. The fraction of sp³-hybridized carbons (Fsp3) is 0.368. The third kappa shape index (κ3) is 2.13. The quantitative estimate of drug-likeness (QED) is 0.567. The van der Waals surface area contributed by atoms with Crippen LogP contribution in [0, 0.1) is 6.92 Å². The van der Waals surface area contributed by atoms with E-state index in [1.54, 1.807) is 6.33 Å². The lowest BCUT2D eigenvalue weighted by Crippen LogP contribution is -2.02. The molecule has 2 saturated carbocycles. The maximum atomic E-state index is 6.01. The van der Waals surface area contributed by atoms with Crippen molar-refractivity contribution in [1.82, 2.24) is 29.1 Å². The van der Waals surface area contributed by atoms with Crippen LogP contribution >= 0.6 is 0 Å². The highest BCUT2D eigenvalue weighted by Crippen LogP contribution is 2.39. The molecule has 2 aliphatic rings. The number of aryl methyl sites for hydroxylation is 1. The first-order chi connectivity index (χ1) is 12.8. The van der Waals surface area contributed by atoms with Crippen molar-refractivity contribution in [1.29, 1.82) is 0 Å². The van der Waals surface area contributed by atoms with Crippen molar-refractivity contribution >= 4 is 16.7 Å². The predicted octanol–water partition coefficient (Wildman–Crippen LogP) is 3.33. The van der Waals surface area contributed by atoms with Crippen LogP contribution in [0.4, 0.5) is 0 Å². The van der Waals surface area contributed by atoms with Crippen LogP contribution in [0.1, 0.15) is 37.5 Å². The molecule has 0 saturated heterocycles. The maximum absolute atomic E-state index is 6.01. The molecule has 7 nitrogen and oxygen atoms in total. The van der Waals surface area contributed by atoms with E-state index in [2.05, 4.69) is 43.7 Å². The average molecular weight is 346 g/mol. The molecule has 4 aromatic rings. The number of aromatic nitrogens is 6. The van der Waals surface area contributed by atoms with Gasteiger partial charge in [-0.3, -0.25) is 0 Å². The molecule has 0 aliphatic heterocycles. The SMILES string of the molecule is Cc1nc2ncc(-c3ccn4ncnc(OC5CC5)c34)cc2n1C1CC1. The topological polar surface area (TPSA) is 70.1 Å². The van der Waals surface area contributed by atoms with Gasteiger partial charge in [0.2, 0.25) is 5.88 Å². The van der Waals surface area contributed by atoms with Crippen LogP contribution in [0.3, 0.4) is 0 Å². The third-order valence-corrected chi connectivity index (χ3v) is 5.17. The first kappa shape index (κ1) is 14.2. The first-order valence-corrected chi connectivity index (χ1v) is 9.12. The fourth-order valence-corrected chi connectivity index (χ4v) is 3.62. The van der Waals surface area contributed by atoms with Crippen LogP contribution in [-0.2, 0) is 0 Å². The molecule has 0 radical (unpaired) electrons. The summed E-state index contributed by atoms with van der Waals surface area (Å²) < 4.78 is 10.2. The standard InChI is InChI=1S/C19H18N6O/c1-11-23-18-16(25(11)13-2-3-13)8-12(9-20-18)15-6-7-24-17(15)19(21-10-22-24)26-14-4-5-14/h6-10,13-14H,2-5H2,1H3. The van der Waals surface area contributed by atoms with Crippen LogP contribution in [0.2, 0.25) is 0 Å². The van der Waals surface area contributed by atoms with Gasteiger partial charge in [-0.25, -0.2) is 14.5 Å². The summed E-state index contributed by atoms with van der Waals surface area (Å²) in [6.07, 6.45) is 10.3. The zero-order chi connectivity index (χ0) is 17.3. The average Bonchev–Trinajstić information content (AvgIpc) is 3.56. The Morgan fingerprint density at radius 2 is 2.04 bits per heavy atom. The number of hydrogen-bond donors (Lipinski definition) is 0. The Morgan fingerprint density at radius 1 is 1.15 bits per heavy atom. The van der Waals surface area contributed by atoms with E-state index in [4.69, 9.17) is 4.74 Å². The number of pyridine rings is 1. The van der Waals surface area contributed by atoms with Gasteiger partial charge in [-0.2, -0.15) is 10.1 Å². The van der Waals surface area contributed by atoms with Gasteiger partial charge in [0.1, 0.15) is 23.8 Å². The molecule has 0 spiro atoms. The number of hydrogen-bond acceptors (Lipinski definition) is 5. The predicted molar refractivity (Wildman–Crippen MR) is 96.2 cm³/mol. The Morgan fingerprint density at radius 3 is 2.85 bits per heavy atom. The first-order valence-electron chi connectivity index (χ1n) is 9.12. The van der Waals surface area contributed by atoms with Gasteiger partial charge in [-0.15, -0.1) is 0 Å². The van der Waals surface area contributed by atoms with E-state index in [-0.39, 0.29) is 6.10 Å². The lowest BCUT2D eigenvalue weighted by atomic mass is 10.1. The zero-order valence-corrected chi connectivity index (χ0v) is 14.5. The van der Waals surface area contributed by atoms with E-state index in [0.29, 0.717) is 11.9 Å². The van der Waals surface area contributed by atoms with Crippen molar-refractivity contribution in [3.05, 3.63) is 36.7 Å². The van der Waals surface area contributed by atoms with Crippen molar-refractivity contribution in [3.8, 4) is 17.0 Å². The van der Waals surface area contributed by atoms with Crippen LogP contribution in [0.15, 0.2) is 30.9 Å². The summed E-state index contributed by atoms with van der Waals surface area (Å²) in [7, 11) is 0. The van der Waals surface area contributed by atoms with Crippen molar-refractivity contribution in [2.75, 3.05) is 0 Å². The van der Waals surface area contributed by atoms with E-state index in [1.165, 1.54) is 12.8 Å². The van der Waals surface area contributed by atoms with Crippen LogP contribution in [0.5, 0.6) is 5.88 Å². The smallest absolute Gasteiger partial charge is 0.242 e. The van der Waals surface area contributed by atoms with Gasteiger partial charge in [-0.05, 0) is 44.7 Å². The van der Waals surface area contributed by atoms with Gasteiger partial charge in [0.25, 0.3) is 0 Å². The largest absolute Gasteiger partial charge is 0.473 e. The second kappa shape index (κ2) is 5.03. The molecular weight excluding hydrogens is 328 g/mol. The summed E-state index contributed by atoms with van der Waals surface area (Å²) in [4.78, 5) is 13.6. The van der Waals surface area contributed by atoms with E-state index in [9.17, 15) is 0 Å². The van der Waals surface area contributed by atoms with Gasteiger partial charge in [0, 0.05) is 29.6 Å². The number of imidazole rings is 1. The fourth-order valence-electron chi connectivity index (χ4n) is 3.62. The lowest BCUT2D eigenvalue weighted by Gasteiger charge is -2.08. The van der Waals surface area contributed by atoms with Gasteiger partial charge in [0.05, 0.1) is 5.52 Å². The third-order valence-electron chi connectivity index (χ3n) is 5.17. The number of ether oxygens (including phenoxy) is 1. The van der Waals surface area contributed by atoms with Crippen molar-refractivity contribution < 1.29 is 4.74 Å². The van der Waals surface area contributed by atoms with E-state index in [0.717, 1.165) is 46.5 Å². The summed E-state index contributed by atoms with van der Waals surface area (Å²) in [6.45, 7) is 2.06. The summed E-state index contributed by atoms with van der Waals surface area (Å²) >= 11 is 0. The lowest BCUT2D eigenvalue weighted by molar-refractivity contribution is 0.292. The Balaban J connectivity index is 1.55. The van der Waals surface area contributed by atoms with Crippen LogP contribution in [0.25, 0.3) is 27.8 Å². The Hall–Kier alpha value is -2.96. The number of rotatable bonds is 4. The molecule has 26 heavy (non-hydrogen) atoms. The number of nitrogens with zero attached hydrogens (tertiary/aromatic N) is 6. The summed E-state index contributed by atoms with van der Waals surface area (Å²) in [5.74, 6) is 1.68. The molecule has 7 heteroatoms. The summed E-state index contributed by atoms with van der Waals surface area (Å²) in [6, 6.07) is 4.81. The zero-order valence-electron chi connectivity index (χ0n) is 14.5. The van der Waals surface area contributed by atoms with Crippen LogP contribution < -0.4 is 4.74 Å². The second-order valence-corrected chi connectivity index (χ2v) is 7.23. The van der Waals surface area contributed by atoms with Gasteiger partial charge >= 0.3 is 0 Å². The van der Waals surface area contributed by atoms with Gasteiger partial charge < -0.3 is 9.30 Å². The van der Waals surface area contributed by atoms with Crippen molar-refractivity contribution in [3.63, 3.8) is 0 Å². The summed E-state index contributed by atoms with van der Waals surface area (Å²) in [5.41, 5.74) is 4.89. The molecule has 0 N–H and O–H groups in total. The molecule has 0 unspecified atom stereocenters. The Kier molecular flexibility index (Phi) is 2.75. The minimum Gasteiger partial charge on any atom is -0.473 e. The molecule has 130 valence electrons. The molecule has 0 atom stereocenters. The molecule has 2 aliphatic carbocycles. The van der Waals surface area contributed by atoms with E-state index < -0.39 is 0 Å². The highest BCUT2D eigenvalue weighted by molar-refractivity contribution is 5.88. The van der Waals surface area contributed by atoms with E-state index >= 15 is 0 Å². The Labute approximate surface area is 149 Å². The minimum atomic E-state index is 0.288. The van der Waals surface area contributed by atoms with Crippen molar-refractivity contribution in [2.24, 2.45) is 0 Å². The molecule has 4 aromatic heterocycles. The molecule has 0 amide bonds. The van der Waals surface area contributed by atoms with E-state index in [1.807, 2.05) is 16.9 Å². The molecule has 0 aromatic carbocycles. The molecule has 0 bridgehead atoms. The van der Waals surface area contributed by atoms with Crippen LogP contribution in [-0.4, -0.2) is 35.2 Å². The normalized spacial score (nSPS) is 17.3. The minimum absolute atomic E-state index is 0.288. The van der Waals surface area contributed by atoms with Gasteiger partial charge in [0.15, 0.2) is 5.65 Å². The van der Waals surface area contributed by atoms with Gasteiger partial charge in [-0.1, -0.05) is 0 Å². The highest BCUT2D eigenvalue weighted by atomic mass is 16.5. The molecule has 2 fully saturated rings. The highest BCUT2D eigenvalue weighted by Gasteiger charge is 2.28. The Bertz CT molecular complexity index is 1150. The second-order valence-electron chi connectivity index (χ2n) is 7.23. The maximum Gasteiger partial charge on any atom is 0.242 e. The molecule has 4 heterocycles.